The van der Waals surface area contributed by atoms with E-state index in [1.54, 1.807) is 43.6 Å². The van der Waals surface area contributed by atoms with Crippen molar-refractivity contribution in [1.29, 1.82) is 0 Å². The highest BCUT2D eigenvalue weighted by atomic mass is 16.5. The molecule has 0 spiro atoms. The predicted octanol–water partition coefficient (Wildman–Crippen LogP) is 4.86. The molecule has 2 atom stereocenters. The smallest absolute Gasteiger partial charge is 0.303 e. The summed E-state index contributed by atoms with van der Waals surface area (Å²) in [7, 11) is 3.15. The Bertz CT molecular complexity index is 1450. The Balaban J connectivity index is 1.64. The van der Waals surface area contributed by atoms with Gasteiger partial charge in [-0.05, 0) is 53.8 Å². The van der Waals surface area contributed by atoms with Crippen LogP contribution in [0.1, 0.15) is 48.8 Å². The quantitative estimate of drug-likeness (QED) is 0.447. The number of carbonyl (C=O) groups is 3. The summed E-state index contributed by atoms with van der Waals surface area (Å²) in [6, 6.07) is 15.8. The van der Waals surface area contributed by atoms with Crippen LogP contribution in [0, 0.1) is 0 Å². The molecule has 0 unspecified atom stereocenters. The molecule has 2 aliphatic rings. The lowest BCUT2D eigenvalue weighted by Crippen LogP contribution is -2.38. The Morgan fingerprint density at radius 1 is 1.00 bits per heavy atom. The van der Waals surface area contributed by atoms with Crippen molar-refractivity contribution in [3.8, 4) is 11.5 Å². The number of para-hydroxylation sites is 2. The third-order valence-corrected chi connectivity index (χ3v) is 7.19. The molecular formula is C30H29N3O6. The molecular weight excluding hydrogens is 498 g/mol. The summed E-state index contributed by atoms with van der Waals surface area (Å²) in [6.45, 7) is 0. The van der Waals surface area contributed by atoms with Crippen molar-refractivity contribution < 1.29 is 29.0 Å². The lowest BCUT2D eigenvalue weighted by Gasteiger charge is -2.35. The number of allylic oxidation sites excluding steroid dienone is 1. The van der Waals surface area contributed by atoms with E-state index in [9.17, 15) is 19.5 Å². The number of aromatic nitrogens is 1. The number of methoxy groups -OCH3 is 2. The third kappa shape index (κ3) is 5.07. The molecule has 2 N–H and O–H groups in total. The van der Waals surface area contributed by atoms with Crippen LogP contribution in [0.4, 0.5) is 11.4 Å². The summed E-state index contributed by atoms with van der Waals surface area (Å²) >= 11 is 0. The van der Waals surface area contributed by atoms with Gasteiger partial charge >= 0.3 is 5.97 Å². The first-order valence-corrected chi connectivity index (χ1v) is 12.7. The van der Waals surface area contributed by atoms with E-state index in [1.807, 2.05) is 42.5 Å². The Kier molecular flexibility index (Phi) is 7.31. The molecule has 2 heterocycles. The van der Waals surface area contributed by atoms with Gasteiger partial charge < -0.3 is 19.9 Å². The molecule has 39 heavy (non-hydrogen) atoms. The van der Waals surface area contributed by atoms with E-state index >= 15 is 0 Å². The molecule has 200 valence electrons. The van der Waals surface area contributed by atoms with Crippen LogP contribution in [0.5, 0.6) is 11.5 Å². The number of fused-ring (bicyclic) bond motifs is 1. The molecule has 1 aliphatic heterocycles. The highest BCUT2D eigenvalue weighted by Gasteiger charge is 2.41. The van der Waals surface area contributed by atoms with Gasteiger partial charge in [-0.2, -0.15) is 0 Å². The van der Waals surface area contributed by atoms with Gasteiger partial charge in [0.05, 0.1) is 38.1 Å². The van der Waals surface area contributed by atoms with E-state index in [0.717, 1.165) is 11.3 Å². The van der Waals surface area contributed by atoms with Gasteiger partial charge in [-0.3, -0.25) is 24.3 Å². The van der Waals surface area contributed by atoms with Gasteiger partial charge in [0.1, 0.15) is 0 Å². The monoisotopic (exact) mass is 527 g/mol. The summed E-state index contributed by atoms with van der Waals surface area (Å²) in [6.07, 6.45) is 3.53. The van der Waals surface area contributed by atoms with Crippen molar-refractivity contribution in [3.05, 3.63) is 89.4 Å². The second kappa shape index (κ2) is 11.0. The van der Waals surface area contributed by atoms with Crippen molar-refractivity contribution >= 4 is 29.0 Å². The van der Waals surface area contributed by atoms with Crippen molar-refractivity contribution in [2.75, 3.05) is 24.4 Å². The molecule has 1 aromatic heterocycles. The Labute approximate surface area is 226 Å². The molecule has 0 bridgehead atoms. The number of carboxylic acids is 1. The summed E-state index contributed by atoms with van der Waals surface area (Å²) in [5.74, 6) is -0.472. The Morgan fingerprint density at radius 3 is 2.51 bits per heavy atom. The fraction of sp³-hybridized carbons (Fsp3) is 0.267. The van der Waals surface area contributed by atoms with Crippen LogP contribution >= 0.6 is 0 Å². The number of nitrogens with zero attached hydrogens (tertiary/aromatic N) is 2. The Morgan fingerprint density at radius 2 is 1.79 bits per heavy atom. The van der Waals surface area contributed by atoms with Crippen molar-refractivity contribution in [3.63, 3.8) is 0 Å². The molecule has 0 saturated carbocycles. The van der Waals surface area contributed by atoms with Gasteiger partial charge in [-0.15, -0.1) is 0 Å². The molecule has 0 radical (unpaired) electrons. The highest BCUT2D eigenvalue weighted by Crippen LogP contribution is 2.48. The lowest BCUT2D eigenvalue weighted by atomic mass is 9.78. The number of carbonyl (C=O) groups excluding carboxylic acids is 2. The minimum atomic E-state index is -1.06. The van der Waals surface area contributed by atoms with Gasteiger partial charge in [0, 0.05) is 36.5 Å². The fourth-order valence-corrected chi connectivity index (χ4v) is 5.40. The maximum Gasteiger partial charge on any atom is 0.303 e. The number of rotatable bonds is 7. The normalized spacial score (nSPS) is 18.4. The molecule has 0 saturated heterocycles. The van der Waals surface area contributed by atoms with Crippen molar-refractivity contribution in [2.45, 2.75) is 37.6 Å². The van der Waals surface area contributed by atoms with E-state index in [1.165, 1.54) is 0 Å². The van der Waals surface area contributed by atoms with Crippen LogP contribution < -0.4 is 19.7 Å². The van der Waals surface area contributed by atoms with E-state index in [0.29, 0.717) is 40.4 Å². The van der Waals surface area contributed by atoms with Crippen LogP contribution in [-0.2, 0) is 14.4 Å². The number of amides is 1. The number of hydrogen-bond acceptors (Lipinski definition) is 7. The lowest BCUT2D eigenvalue weighted by molar-refractivity contribution is -0.138. The summed E-state index contributed by atoms with van der Waals surface area (Å²) < 4.78 is 10.9. The number of ether oxygens (including phenoxy) is 2. The zero-order valence-electron chi connectivity index (χ0n) is 21.7. The van der Waals surface area contributed by atoms with E-state index in [2.05, 4.69) is 10.3 Å². The first kappa shape index (κ1) is 26.0. The zero-order valence-corrected chi connectivity index (χ0v) is 21.7. The van der Waals surface area contributed by atoms with Gasteiger partial charge in [0.25, 0.3) is 0 Å². The van der Waals surface area contributed by atoms with Crippen LogP contribution in [0.2, 0.25) is 0 Å². The first-order chi connectivity index (χ1) is 18.9. The number of ketones is 1. The number of nitrogens with one attached hydrogen (secondary N) is 1. The van der Waals surface area contributed by atoms with E-state index in [4.69, 9.17) is 9.47 Å². The molecule has 0 fully saturated rings. The fourth-order valence-electron chi connectivity index (χ4n) is 5.40. The number of pyridine rings is 1. The Hall–Kier alpha value is -4.66. The van der Waals surface area contributed by atoms with Crippen LogP contribution in [0.3, 0.4) is 0 Å². The first-order valence-electron chi connectivity index (χ1n) is 12.7. The maximum absolute atomic E-state index is 14.0. The number of anilines is 2. The van der Waals surface area contributed by atoms with Crippen molar-refractivity contribution in [2.24, 2.45) is 0 Å². The summed E-state index contributed by atoms with van der Waals surface area (Å²) in [4.78, 5) is 44.8. The second-order valence-electron chi connectivity index (χ2n) is 9.52. The number of aliphatic carboxylic acids is 1. The van der Waals surface area contributed by atoms with Crippen LogP contribution in [0.25, 0.3) is 0 Å². The second-order valence-corrected chi connectivity index (χ2v) is 9.52. The highest BCUT2D eigenvalue weighted by molar-refractivity contribution is 6.06. The van der Waals surface area contributed by atoms with Crippen molar-refractivity contribution in [1.82, 2.24) is 4.98 Å². The molecule has 3 aromatic rings. The van der Waals surface area contributed by atoms with Gasteiger partial charge in [0.2, 0.25) is 5.91 Å². The SMILES string of the molecule is COc1ccc([C@H]2CC(=O)C3=C(C2)Nc2ccccc2N(C(=O)CCC(=O)O)[C@H]3c2cccnc2)cc1OC. The number of Topliss-reactive ketones (excluding diaryl/α,β-unsaturated/α-hetero) is 1. The largest absolute Gasteiger partial charge is 0.493 e. The summed E-state index contributed by atoms with van der Waals surface area (Å²) in [5, 5.41) is 12.7. The standard InChI is InChI=1S/C30H29N3O6/c1-38-25-10-9-18(16-26(25)39-2)20-14-22-29(24(34)15-20)30(19-6-5-13-31-17-19)33(27(35)11-12-28(36)37)23-8-4-3-7-21(23)32-22/h3-10,13,16-17,20,30,32H,11-12,14-15H2,1-2H3,(H,36,37)/t20-,30+/m1/s1. The third-order valence-electron chi connectivity index (χ3n) is 7.19. The van der Waals surface area contributed by atoms with E-state index in [-0.39, 0.29) is 36.9 Å². The minimum absolute atomic E-state index is 0.0961. The zero-order chi connectivity index (χ0) is 27.5. The molecule has 1 aliphatic carbocycles. The predicted molar refractivity (Wildman–Crippen MR) is 145 cm³/mol. The molecule has 9 heteroatoms. The van der Waals surface area contributed by atoms with Gasteiger partial charge in [0.15, 0.2) is 17.3 Å². The topological polar surface area (TPSA) is 118 Å². The number of benzene rings is 2. The molecule has 2 aromatic carbocycles. The van der Waals surface area contributed by atoms with E-state index < -0.39 is 12.0 Å². The minimum Gasteiger partial charge on any atom is -0.493 e. The maximum atomic E-state index is 14.0. The molecule has 1 amide bonds. The average Bonchev–Trinajstić information content (AvgIpc) is 3.10. The molecule has 5 rings (SSSR count). The average molecular weight is 528 g/mol. The summed E-state index contributed by atoms with van der Waals surface area (Å²) in [5.41, 5.74) is 4.07. The number of hydrogen-bond donors (Lipinski definition) is 2. The van der Waals surface area contributed by atoms with Crippen LogP contribution in [0.15, 0.2) is 78.3 Å². The van der Waals surface area contributed by atoms with Gasteiger partial charge in [-0.1, -0.05) is 24.3 Å². The molecule has 9 nitrogen and oxygen atoms in total. The number of carboxylic acid groups (broad SMARTS) is 1. The van der Waals surface area contributed by atoms with Crippen LogP contribution in [-0.4, -0.2) is 42.0 Å². The van der Waals surface area contributed by atoms with Gasteiger partial charge in [-0.25, -0.2) is 0 Å².